The summed E-state index contributed by atoms with van der Waals surface area (Å²) in [5, 5.41) is 0. The molecule has 16 heavy (non-hydrogen) atoms. The fourth-order valence-corrected chi connectivity index (χ4v) is 1.88. The lowest BCUT2D eigenvalue weighted by Crippen LogP contribution is -2.55. The lowest BCUT2D eigenvalue weighted by Gasteiger charge is -2.38. The summed E-state index contributed by atoms with van der Waals surface area (Å²) in [6.45, 7) is 9.06. The maximum absolute atomic E-state index is 11.9. The van der Waals surface area contributed by atoms with E-state index in [0.29, 0.717) is 12.6 Å². The van der Waals surface area contributed by atoms with Crippen LogP contribution in [0.15, 0.2) is 0 Å². The summed E-state index contributed by atoms with van der Waals surface area (Å²) < 4.78 is 0. The molecule has 0 aromatic heterocycles. The molecular weight excluding hydrogens is 204 g/mol. The number of nitrogens with two attached hydrogens (primary N) is 1. The van der Waals surface area contributed by atoms with Gasteiger partial charge in [-0.2, -0.15) is 0 Å². The monoisotopic (exact) mass is 228 g/mol. The second-order valence-corrected chi connectivity index (χ2v) is 4.40. The Balaban J connectivity index is 2.40. The minimum atomic E-state index is 0.141. The summed E-state index contributed by atoms with van der Waals surface area (Å²) in [6.07, 6.45) is 0. The van der Waals surface area contributed by atoms with Crippen LogP contribution in [0.25, 0.3) is 0 Å². The summed E-state index contributed by atoms with van der Waals surface area (Å²) in [7, 11) is 1.84. The summed E-state index contributed by atoms with van der Waals surface area (Å²) in [5.41, 5.74) is 5.64. The number of rotatable bonds is 3. The lowest BCUT2D eigenvalue weighted by atomic mass is 10.2. The molecule has 0 aliphatic carbocycles. The van der Waals surface area contributed by atoms with Crippen LogP contribution in [0.2, 0.25) is 0 Å². The molecule has 2 N–H and O–H groups in total. The first kappa shape index (κ1) is 13.3. The molecule has 1 saturated heterocycles. The highest BCUT2D eigenvalue weighted by Gasteiger charge is 2.24. The van der Waals surface area contributed by atoms with Crippen molar-refractivity contribution >= 4 is 6.03 Å². The maximum Gasteiger partial charge on any atom is 0.319 e. The highest BCUT2D eigenvalue weighted by molar-refractivity contribution is 5.74. The SMILES string of the molecule is CCN(C)C(=O)N1CCN(C(C)CN)CC1. The third-order valence-electron chi connectivity index (χ3n) is 3.35. The molecule has 1 aliphatic heterocycles. The van der Waals surface area contributed by atoms with Crippen LogP contribution in [0.5, 0.6) is 0 Å². The lowest BCUT2D eigenvalue weighted by molar-refractivity contribution is 0.102. The van der Waals surface area contributed by atoms with Crippen molar-refractivity contribution in [3.63, 3.8) is 0 Å². The van der Waals surface area contributed by atoms with Crippen LogP contribution in [-0.2, 0) is 0 Å². The number of carbonyl (C=O) groups excluding carboxylic acids is 1. The molecule has 0 bridgehead atoms. The van der Waals surface area contributed by atoms with E-state index < -0.39 is 0 Å². The maximum atomic E-state index is 11.9. The van der Waals surface area contributed by atoms with Gasteiger partial charge in [0.15, 0.2) is 0 Å². The molecule has 5 heteroatoms. The van der Waals surface area contributed by atoms with Crippen LogP contribution >= 0.6 is 0 Å². The van der Waals surface area contributed by atoms with Crippen molar-refractivity contribution in [1.82, 2.24) is 14.7 Å². The van der Waals surface area contributed by atoms with Gasteiger partial charge in [0.2, 0.25) is 0 Å². The topological polar surface area (TPSA) is 52.8 Å². The van der Waals surface area contributed by atoms with E-state index in [2.05, 4.69) is 11.8 Å². The van der Waals surface area contributed by atoms with E-state index in [4.69, 9.17) is 5.73 Å². The average molecular weight is 228 g/mol. The molecule has 1 rings (SSSR count). The number of amides is 2. The first-order valence-corrected chi connectivity index (χ1v) is 6.04. The second-order valence-electron chi connectivity index (χ2n) is 4.40. The molecule has 5 nitrogen and oxygen atoms in total. The van der Waals surface area contributed by atoms with Crippen molar-refractivity contribution in [3.8, 4) is 0 Å². The standard InChI is InChI=1S/C11H24N4O/c1-4-13(3)11(16)15-7-5-14(6-8-15)10(2)9-12/h10H,4-9,12H2,1-3H3. The van der Waals surface area contributed by atoms with Crippen LogP contribution < -0.4 is 5.73 Å². The molecule has 2 amide bonds. The Kier molecular flexibility index (Phi) is 5.02. The molecule has 0 aromatic rings. The van der Waals surface area contributed by atoms with Gasteiger partial charge in [-0.05, 0) is 13.8 Å². The summed E-state index contributed by atoms with van der Waals surface area (Å²) in [6, 6.07) is 0.559. The van der Waals surface area contributed by atoms with Crippen molar-refractivity contribution < 1.29 is 4.79 Å². The van der Waals surface area contributed by atoms with Crippen molar-refractivity contribution in [1.29, 1.82) is 0 Å². The fraction of sp³-hybridized carbons (Fsp3) is 0.909. The van der Waals surface area contributed by atoms with E-state index in [0.717, 1.165) is 32.7 Å². The molecule has 0 aromatic carbocycles. The van der Waals surface area contributed by atoms with Crippen LogP contribution in [-0.4, -0.2) is 73.1 Å². The number of hydrogen-bond donors (Lipinski definition) is 1. The molecule has 1 aliphatic rings. The molecule has 1 atom stereocenters. The van der Waals surface area contributed by atoms with Gasteiger partial charge in [0, 0.05) is 52.4 Å². The van der Waals surface area contributed by atoms with E-state index in [9.17, 15) is 4.79 Å². The predicted octanol–water partition coefficient (Wildman–Crippen LogP) is 0.0229. The number of carbonyl (C=O) groups is 1. The molecule has 1 heterocycles. The van der Waals surface area contributed by atoms with E-state index >= 15 is 0 Å². The van der Waals surface area contributed by atoms with E-state index in [-0.39, 0.29) is 6.03 Å². The van der Waals surface area contributed by atoms with E-state index in [1.54, 1.807) is 4.90 Å². The number of hydrogen-bond acceptors (Lipinski definition) is 3. The largest absolute Gasteiger partial charge is 0.329 e. The zero-order chi connectivity index (χ0) is 12.1. The van der Waals surface area contributed by atoms with Gasteiger partial charge in [-0.1, -0.05) is 0 Å². The Labute approximate surface area is 98.2 Å². The third kappa shape index (κ3) is 3.09. The quantitative estimate of drug-likeness (QED) is 0.741. The van der Waals surface area contributed by atoms with Gasteiger partial charge in [0.1, 0.15) is 0 Å². The van der Waals surface area contributed by atoms with Gasteiger partial charge >= 0.3 is 6.03 Å². The van der Waals surface area contributed by atoms with Gasteiger partial charge in [-0.15, -0.1) is 0 Å². The zero-order valence-electron chi connectivity index (χ0n) is 10.6. The second kappa shape index (κ2) is 6.06. The molecule has 0 spiro atoms. The van der Waals surface area contributed by atoms with Gasteiger partial charge in [-0.3, -0.25) is 4.90 Å². The minimum Gasteiger partial charge on any atom is -0.329 e. The first-order chi connectivity index (χ1) is 7.60. The zero-order valence-corrected chi connectivity index (χ0v) is 10.6. The summed E-state index contributed by atoms with van der Waals surface area (Å²) >= 11 is 0. The number of urea groups is 1. The predicted molar refractivity (Wildman–Crippen MR) is 65.4 cm³/mol. The molecule has 1 fully saturated rings. The molecule has 0 radical (unpaired) electrons. The molecule has 0 saturated carbocycles. The van der Waals surface area contributed by atoms with Crippen molar-refractivity contribution in [3.05, 3.63) is 0 Å². The van der Waals surface area contributed by atoms with Crippen LogP contribution in [0.3, 0.4) is 0 Å². The highest BCUT2D eigenvalue weighted by Crippen LogP contribution is 2.07. The van der Waals surface area contributed by atoms with Crippen LogP contribution in [0, 0.1) is 0 Å². The molecular formula is C11H24N4O. The van der Waals surface area contributed by atoms with Crippen LogP contribution in [0.4, 0.5) is 4.79 Å². The fourth-order valence-electron chi connectivity index (χ4n) is 1.88. The van der Waals surface area contributed by atoms with E-state index in [1.165, 1.54) is 0 Å². The van der Waals surface area contributed by atoms with Crippen molar-refractivity contribution in [2.24, 2.45) is 5.73 Å². The number of nitrogens with zero attached hydrogens (tertiary/aromatic N) is 3. The first-order valence-electron chi connectivity index (χ1n) is 6.04. The Morgan fingerprint density at radius 3 is 2.38 bits per heavy atom. The van der Waals surface area contributed by atoms with Gasteiger partial charge in [0.25, 0.3) is 0 Å². The van der Waals surface area contributed by atoms with Gasteiger partial charge in [-0.25, -0.2) is 4.79 Å². The average Bonchev–Trinajstić information content (AvgIpc) is 2.36. The highest BCUT2D eigenvalue weighted by atomic mass is 16.2. The minimum absolute atomic E-state index is 0.141. The molecule has 94 valence electrons. The van der Waals surface area contributed by atoms with Gasteiger partial charge in [0.05, 0.1) is 0 Å². The Morgan fingerprint density at radius 1 is 1.38 bits per heavy atom. The van der Waals surface area contributed by atoms with E-state index in [1.807, 2.05) is 18.9 Å². The van der Waals surface area contributed by atoms with Crippen molar-refractivity contribution in [2.75, 3.05) is 46.3 Å². The Hall–Kier alpha value is -0.810. The third-order valence-corrected chi connectivity index (χ3v) is 3.35. The van der Waals surface area contributed by atoms with Crippen LogP contribution in [0.1, 0.15) is 13.8 Å². The van der Waals surface area contributed by atoms with Gasteiger partial charge < -0.3 is 15.5 Å². The number of piperazine rings is 1. The smallest absolute Gasteiger partial charge is 0.319 e. The Morgan fingerprint density at radius 2 is 1.94 bits per heavy atom. The Bertz CT molecular complexity index is 226. The van der Waals surface area contributed by atoms with Crippen molar-refractivity contribution in [2.45, 2.75) is 19.9 Å². The molecule has 1 unspecified atom stereocenters. The normalized spacial score (nSPS) is 19.6. The summed E-state index contributed by atoms with van der Waals surface area (Å²) in [4.78, 5) is 17.9. The summed E-state index contributed by atoms with van der Waals surface area (Å²) in [5.74, 6) is 0.